The van der Waals surface area contributed by atoms with Crippen LogP contribution in [0, 0.1) is 0 Å². The summed E-state index contributed by atoms with van der Waals surface area (Å²) in [5, 5.41) is 4.75. The van der Waals surface area contributed by atoms with E-state index < -0.39 is 0 Å². The van der Waals surface area contributed by atoms with E-state index in [-0.39, 0.29) is 5.91 Å². The van der Waals surface area contributed by atoms with Gasteiger partial charge in [-0.3, -0.25) is 4.79 Å². The summed E-state index contributed by atoms with van der Waals surface area (Å²) >= 11 is 1.56. The van der Waals surface area contributed by atoms with Gasteiger partial charge in [-0.1, -0.05) is 18.2 Å². The van der Waals surface area contributed by atoms with Crippen LogP contribution in [-0.4, -0.2) is 5.91 Å². The molecule has 0 bridgehead atoms. The third-order valence-corrected chi connectivity index (χ3v) is 3.21. The zero-order valence-electron chi connectivity index (χ0n) is 8.84. The fourth-order valence-electron chi connectivity index (χ4n) is 1.61. The van der Waals surface area contributed by atoms with E-state index in [2.05, 4.69) is 5.32 Å². The molecule has 17 heavy (non-hydrogen) atoms. The van der Waals surface area contributed by atoms with Crippen LogP contribution in [0.3, 0.4) is 0 Å². The molecule has 0 fully saturated rings. The number of thiophene rings is 1. The van der Waals surface area contributed by atoms with Crippen LogP contribution in [0.5, 0.6) is 5.75 Å². The van der Waals surface area contributed by atoms with Gasteiger partial charge in [-0.05, 0) is 23.6 Å². The molecule has 1 aromatic heterocycles. The van der Waals surface area contributed by atoms with Crippen molar-refractivity contribution in [2.24, 2.45) is 0 Å². The van der Waals surface area contributed by atoms with Gasteiger partial charge < -0.3 is 10.1 Å². The van der Waals surface area contributed by atoms with E-state index in [0.29, 0.717) is 17.2 Å². The number of rotatable bonds is 1. The first-order valence-electron chi connectivity index (χ1n) is 5.16. The Morgan fingerprint density at radius 1 is 1.18 bits per heavy atom. The zero-order chi connectivity index (χ0) is 11.7. The smallest absolute Gasteiger partial charge is 0.291 e. The number of amides is 1. The Balaban J connectivity index is 1.97. The number of hydrogen-bond donors (Lipinski definition) is 1. The van der Waals surface area contributed by atoms with Crippen molar-refractivity contribution in [2.45, 2.75) is 0 Å². The predicted molar refractivity (Wildman–Crippen MR) is 68.0 cm³/mol. The fourth-order valence-corrected chi connectivity index (χ4v) is 2.25. The van der Waals surface area contributed by atoms with Gasteiger partial charge >= 0.3 is 0 Å². The highest BCUT2D eigenvalue weighted by atomic mass is 32.1. The molecule has 3 rings (SSSR count). The molecular weight excluding hydrogens is 234 g/mol. The lowest BCUT2D eigenvalue weighted by Gasteiger charge is -2.19. The van der Waals surface area contributed by atoms with E-state index in [4.69, 9.17) is 4.74 Å². The first kappa shape index (κ1) is 10.1. The molecule has 0 spiro atoms. The van der Waals surface area contributed by atoms with Gasteiger partial charge in [0.1, 0.15) is 0 Å². The third kappa shape index (κ3) is 1.94. The molecule has 1 N–H and O–H groups in total. The van der Waals surface area contributed by atoms with E-state index in [1.165, 1.54) is 0 Å². The van der Waals surface area contributed by atoms with Crippen LogP contribution in [0.2, 0.25) is 0 Å². The Morgan fingerprint density at radius 3 is 2.88 bits per heavy atom. The Kier molecular flexibility index (Phi) is 2.42. The molecule has 4 heteroatoms. The molecule has 3 nitrogen and oxygen atoms in total. The maximum atomic E-state index is 11.8. The van der Waals surface area contributed by atoms with Crippen LogP contribution >= 0.6 is 11.3 Å². The molecule has 0 unspecified atom stereocenters. The van der Waals surface area contributed by atoms with Gasteiger partial charge in [0.05, 0.1) is 5.69 Å². The van der Waals surface area contributed by atoms with Crippen LogP contribution < -0.4 is 10.1 Å². The van der Waals surface area contributed by atoms with Crippen molar-refractivity contribution in [3.05, 3.63) is 52.4 Å². The van der Waals surface area contributed by atoms with Crippen LogP contribution in [0.25, 0.3) is 6.08 Å². The number of nitrogens with one attached hydrogen (secondary N) is 1. The van der Waals surface area contributed by atoms with Crippen molar-refractivity contribution in [3.63, 3.8) is 0 Å². The highest BCUT2D eigenvalue weighted by Gasteiger charge is 2.21. The average molecular weight is 243 g/mol. The Morgan fingerprint density at radius 2 is 2.06 bits per heavy atom. The normalized spacial score (nSPS) is 16.2. The highest BCUT2D eigenvalue weighted by molar-refractivity contribution is 7.10. The molecule has 1 aromatic carbocycles. The van der Waals surface area contributed by atoms with Crippen LogP contribution in [0.4, 0.5) is 5.69 Å². The number of ether oxygens (including phenoxy) is 1. The number of carbonyl (C=O) groups excluding carboxylic acids is 1. The third-order valence-electron chi connectivity index (χ3n) is 2.40. The molecule has 1 aliphatic heterocycles. The van der Waals surface area contributed by atoms with Gasteiger partial charge in [0.25, 0.3) is 5.91 Å². The first-order chi connectivity index (χ1) is 8.33. The van der Waals surface area contributed by atoms with Gasteiger partial charge in [0, 0.05) is 11.0 Å². The van der Waals surface area contributed by atoms with E-state index in [1.54, 1.807) is 17.4 Å². The fraction of sp³-hybridized carbons (Fsp3) is 0. The first-order valence-corrected chi connectivity index (χ1v) is 6.04. The monoisotopic (exact) mass is 243 g/mol. The lowest BCUT2D eigenvalue weighted by Crippen LogP contribution is -2.23. The van der Waals surface area contributed by atoms with Crippen molar-refractivity contribution in [2.75, 3.05) is 5.32 Å². The quantitative estimate of drug-likeness (QED) is 0.781. The van der Waals surface area contributed by atoms with E-state index >= 15 is 0 Å². The van der Waals surface area contributed by atoms with Crippen molar-refractivity contribution in [3.8, 4) is 5.75 Å². The minimum Gasteiger partial charge on any atom is -0.449 e. The topological polar surface area (TPSA) is 38.3 Å². The van der Waals surface area contributed by atoms with Gasteiger partial charge in [-0.2, -0.15) is 0 Å². The molecule has 2 aromatic rings. The molecule has 0 saturated carbocycles. The zero-order valence-corrected chi connectivity index (χ0v) is 9.66. The van der Waals surface area contributed by atoms with Gasteiger partial charge in [-0.15, -0.1) is 11.3 Å². The van der Waals surface area contributed by atoms with Gasteiger partial charge in [-0.25, -0.2) is 0 Å². The number of benzene rings is 1. The van der Waals surface area contributed by atoms with E-state index in [1.807, 2.05) is 41.8 Å². The minimum atomic E-state index is -0.211. The molecule has 0 atom stereocenters. The molecule has 1 amide bonds. The summed E-state index contributed by atoms with van der Waals surface area (Å²) < 4.78 is 5.57. The van der Waals surface area contributed by atoms with Crippen LogP contribution in [-0.2, 0) is 4.79 Å². The molecule has 0 radical (unpaired) electrons. The largest absolute Gasteiger partial charge is 0.449 e. The average Bonchev–Trinajstić information content (AvgIpc) is 2.83. The Bertz CT molecular complexity index is 587. The van der Waals surface area contributed by atoms with Gasteiger partial charge in [0.15, 0.2) is 11.5 Å². The van der Waals surface area contributed by atoms with E-state index in [0.717, 1.165) is 4.88 Å². The molecule has 0 aliphatic carbocycles. The maximum Gasteiger partial charge on any atom is 0.291 e. The van der Waals surface area contributed by atoms with Crippen molar-refractivity contribution < 1.29 is 9.53 Å². The lowest BCUT2D eigenvalue weighted by atomic mass is 10.2. The second-order valence-corrected chi connectivity index (χ2v) is 4.56. The maximum absolute atomic E-state index is 11.8. The van der Waals surface area contributed by atoms with Crippen LogP contribution in [0.15, 0.2) is 47.5 Å². The summed E-state index contributed by atoms with van der Waals surface area (Å²) in [6, 6.07) is 11.3. The van der Waals surface area contributed by atoms with Crippen molar-refractivity contribution in [1.29, 1.82) is 0 Å². The number of anilines is 1. The predicted octanol–water partition coefficient (Wildman–Crippen LogP) is 3.12. The summed E-state index contributed by atoms with van der Waals surface area (Å²) in [4.78, 5) is 12.8. The van der Waals surface area contributed by atoms with Crippen molar-refractivity contribution >= 4 is 29.0 Å². The van der Waals surface area contributed by atoms with Gasteiger partial charge in [0.2, 0.25) is 0 Å². The number of hydrogen-bond acceptors (Lipinski definition) is 3. The van der Waals surface area contributed by atoms with Crippen LogP contribution in [0.1, 0.15) is 4.88 Å². The second-order valence-electron chi connectivity index (χ2n) is 3.58. The summed E-state index contributed by atoms with van der Waals surface area (Å²) in [6.45, 7) is 0. The molecule has 84 valence electrons. The number of fused-ring (bicyclic) bond motifs is 1. The summed E-state index contributed by atoms with van der Waals surface area (Å²) in [5.74, 6) is 0.790. The molecule has 0 saturated heterocycles. The Hall–Kier alpha value is -2.07. The second kappa shape index (κ2) is 4.07. The highest BCUT2D eigenvalue weighted by Crippen LogP contribution is 2.31. The number of carbonyl (C=O) groups is 1. The summed E-state index contributed by atoms with van der Waals surface area (Å²) in [7, 11) is 0. The van der Waals surface area contributed by atoms with Crippen molar-refractivity contribution in [1.82, 2.24) is 0 Å². The molecular formula is C13H9NO2S. The summed E-state index contributed by atoms with van der Waals surface area (Å²) in [6.07, 6.45) is 1.75. The molecule has 1 aliphatic rings. The standard InChI is InChI=1S/C13H9NO2S/c15-13-12(8-9-4-3-7-17-9)16-11-6-2-1-5-10(11)14-13/h1-8H,(H,14,15). The molecule has 2 heterocycles. The van der Waals surface area contributed by atoms with E-state index in [9.17, 15) is 4.79 Å². The lowest BCUT2D eigenvalue weighted by molar-refractivity contribution is -0.115. The Labute approximate surface area is 102 Å². The SMILES string of the molecule is O=C1Nc2ccccc2OC1=Cc1cccs1. The minimum absolute atomic E-state index is 0.211. The number of para-hydroxylation sites is 2. The summed E-state index contributed by atoms with van der Waals surface area (Å²) in [5.41, 5.74) is 0.709.